The van der Waals surface area contributed by atoms with E-state index in [-0.39, 0.29) is 23.9 Å². The zero-order chi connectivity index (χ0) is 26.8. The number of carbonyl (C=O) groups excluding carboxylic acids is 2. The first-order chi connectivity index (χ1) is 18.3. The number of aryl methyl sites for hydroxylation is 1. The molecule has 198 valence electrons. The molecule has 9 heteroatoms. The van der Waals surface area contributed by atoms with Gasteiger partial charge in [0.2, 0.25) is 5.95 Å². The minimum Gasteiger partial charge on any atom is -0.356 e. The van der Waals surface area contributed by atoms with Gasteiger partial charge in [0.15, 0.2) is 0 Å². The molecule has 3 aromatic rings. The lowest BCUT2D eigenvalue weighted by Crippen LogP contribution is -2.46. The lowest BCUT2D eigenvalue weighted by atomic mass is 10.00. The molecule has 0 spiro atoms. The fraction of sp³-hybridized carbons (Fsp3) is 0.379. The number of anilines is 2. The molecule has 2 aliphatic rings. The molecule has 1 N–H and O–H groups in total. The molecule has 2 amide bonds. The minimum absolute atomic E-state index is 0.00580. The second-order valence-corrected chi connectivity index (χ2v) is 10.6. The quantitative estimate of drug-likeness (QED) is 0.508. The number of benzene rings is 2. The summed E-state index contributed by atoms with van der Waals surface area (Å²) in [4.78, 5) is 41.3. The van der Waals surface area contributed by atoms with Crippen LogP contribution < -0.4 is 15.1 Å². The van der Waals surface area contributed by atoms with Crippen LogP contribution in [0.5, 0.6) is 0 Å². The van der Waals surface area contributed by atoms with Gasteiger partial charge in [-0.1, -0.05) is 29.8 Å². The summed E-state index contributed by atoms with van der Waals surface area (Å²) in [7, 11) is 5.75. The topological polar surface area (TPSA) is 81.7 Å². The summed E-state index contributed by atoms with van der Waals surface area (Å²) in [5, 5.41) is 3.54. The van der Waals surface area contributed by atoms with Gasteiger partial charge in [-0.3, -0.25) is 9.59 Å². The van der Waals surface area contributed by atoms with Crippen molar-refractivity contribution >= 4 is 35.2 Å². The second-order valence-electron chi connectivity index (χ2n) is 10.2. The summed E-state index contributed by atoms with van der Waals surface area (Å²) in [6.07, 6.45) is 5.19. The number of aromatic nitrogens is 2. The van der Waals surface area contributed by atoms with Crippen molar-refractivity contribution in [1.29, 1.82) is 0 Å². The number of nitrogens with zero attached hydrogens (tertiary/aromatic N) is 5. The normalized spacial score (nSPS) is 17.2. The predicted molar refractivity (Wildman–Crippen MR) is 150 cm³/mol. The van der Waals surface area contributed by atoms with E-state index in [1.807, 2.05) is 55.2 Å². The highest BCUT2D eigenvalue weighted by atomic mass is 35.5. The third-order valence-corrected chi connectivity index (χ3v) is 7.91. The minimum atomic E-state index is -0.199. The Hall–Kier alpha value is -3.65. The molecule has 2 heterocycles. The Morgan fingerprint density at radius 2 is 1.79 bits per heavy atom. The average molecular weight is 533 g/mol. The second kappa shape index (κ2) is 11.0. The number of hydrogen-bond donors (Lipinski definition) is 1. The maximum Gasteiger partial charge on any atom is 0.253 e. The number of carbonyl (C=O) groups is 2. The Morgan fingerprint density at radius 1 is 1.03 bits per heavy atom. The van der Waals surface area contributed by atoms with E-state index in [4.69, 9.17) is 11.6 Å². The van der Waals surface area contributed by atoms with E-state index in [0.717, 1.165) is 50.2 Å². The first-order valence-corrected chi connectivity index (χ1v) is 13.4. The third-order valence-electron chi connectivity index (χ3n) is 7.58. The third kappa shape index (κ3) is 5.31. The first-order valence-electron chi connectivity index (χ1n) is 13.0. The number of amides is 2. The molecule has 0 bridgehead atoms. The van der Waals surface area contributed by atoms with Crippen molar-refractivity contribution in [3.05, 3.63) is 82.0 Å². The van der Waals surface area contributed by atoms with Gasteiger partial charge in [-0.2, -0.15) is 4.98 Å². The van der Waals surface area contributed by atoms with Gasteiger partial charge >= 0.3 is 0 Å². The lowest BCUT2D eigenvalue weighted by molar-refractivity contribution is 0.0709. The zero-order valence-electron chi connectivity index (χ0n) is 22.0. The van der Waals surface area contributed by atoms with Crippen LogP contribution in [0.1, 0.15) is 57.1 Å². The molecule has 0 radical (unpaired) electrons. The van der Waals surface area contributed by atoms with Crippen LogP contribution in [-0.4, -0.2) is 67.0 Å². The summed E-state index contributed by atoms with van der Waals surface area (Å²) in [6.45, 7) is 1.65. The van der Waals surface area contributed by atoms with Crippen LogP contribution in [0.15, 0.2) is 54.7 Å². The molecule has 1 aromatic heterocycles. The number of nitrogens with one attached hydrogen (secondary N) is 1. The molecule has 1 aliphatic carbocycles. The molecule has 38 heavy (non-hydrogen) atoms. The summed E-state index contributed by atoms with van der Waals surface area (Å²) in [6, 6.07) is 14.9. The van der Waals surface area contributed by atoms with Crippen molar-refractivity contribution in [2.24, 2.45) is 0 Å². The summed E-state index contributed by atoms with van der Waals surface area (Å²) < 4.78 is 0. The Bertz CT molecular complexity index is 1340. The average Bonchev–Trinajstić information content (AvgIpc) is 3.34. The maximum atomic E-state index is 13.5. The molecule has 1 aliphatic heterocycles. The number of halogens is 1. The number of rotatable bonds is 6. The smallest absolute Gasteiger partial charge is 0.253 e. The molecule has 0 saturated carbocycles. The van der Waals surface area contributed by atoms with E-state index in [2.05, 4.69) is 20.2 Å². The maximum absolute atomic E-state index is 13.5. The van der Waals surface area contributed by atoms with Crippen LogP contribution in [0.25, 0.3) is 0 Å². The molecule has 8 nitrogen and oxygen atoms in total. The van der Waals surface area contributed by atoms with Crippen molar-refractivity contribution in [3.63, 3.8) is 0 Å². The van der Waals surface area contributed by atoms with Gasteiger partial charge in [-0.05, 0) is 67.1 Å². The van der Waals surface area contributed by atoms with Gasteiger partial charge in [0.25, 0.3) is 11.8 Å². The Kier molecular flexibility index (Phi) is 7.51. The van der Waals surface area contributed by atoms with Crippen molar-refractivity contribution in [1.82, 2.24) is 20.2 Å². The number of fused-ring (bicyclic) bond motifs is 1. The van der Waals surface area contributed by atoms with E-state index in [9.17, 15) is 9.59 Å². The largest absolute Gasteiger partial charge is 0.356 e. The summed E-state index contributed by atoms with van der Waals surface area (Å²) in [5.41, 5.74) is 3.30. The van der Waals surface area contributed by atoms with Crippen molar-refractivity contribution < 1.29 is 9.59 Å². The van der Waals surface area contributed by atoms with E-state index in [0.29, 0.717) is 22.1 Å². The predicted octanol–water partition coefficient (Wildman–Crippen LogP) is 4.35. The Labute approximate surface area is 228 Å². The standard InChI is InChI=1S/C29H33ClN6O2/c1-34(2)29-31-15-12-26(33-29)36-16-13-21(14-17-36)35(3)28(38)20-9-8-19-10-11-25(23(19)18-20)32-27(37)22-6-4-5-7-24(22)30/h4-9,12,15,18,21,25H,10-11,13-14,16-17H2,1-3H3,(H,32,37)/t25-/m1/s1. The lowest BCUT2D eigenvalue weighted by Gasteiger charge is -2.37. The fourth-order valence-electron chi connectivity index (χ4n) is 5.35. The number of piperidine rings is 1. The van der Waals surface area contributed by atoms with Crippen molar-refractivity contribution in [3.8, 4) is 0 Å². The van der Waals surface area contributed by atoms with E-state index < -0.39 is 0 Å². The number of hydrogen-bond acceptors (Lipinski definition) is 6. The molecule has 2 aromatic carbocycles. The van der Waals surface area contributed by atoms with Crippen LogP contribution >= 0.6 is 11.6 Å². The Balaban J connectivity index is 1.24. The van der Waals surface area contributed by atoms with Gasteiger partial charge in [0, 0.05) is 52.0 Å². The van der Waals surface area contributed by atoms with E-state index in [1.165, 1.54) is 5.56 Å². The zero-order valence-corrected chi connectivity index (χ0v) is 22.8. The van der Waals surface area contributed by atoms with Gasteiger partial charge in [0.1, 0.15) is 5.82 Å². The van der Waals surface area contributed by atoms with Crippen LogP contribution in [0, 0.1) is 0 Å². The highest BCUT2D eigenvalue weighted by Gasteiger charge is 2.29. The first kappa shape index (κ1) is 26.0. The van der Waals surface area contributed by atoms with Gasteiger partial charge < -0.3 is 20.0 Å². The molecule has 1 atom stereocenters. The van der Waals surface area contributed by atoms with Crippen LogP contribution in [0.3, 0.4) is 0 Å². The van der Waals surface area contributed by atoms with Crippen molar-refractivity contribution in [2.45, 2.75) is 37.8 Å². The molecule has 0 unspecified atom stereocenters. The monoisotopic (exact) mass is 532 g/mol. The molecule has 1 saturated heterocycles. The van der Waals surface area contributed by atoms with E-state index in [1.54, 1.807) is 30.5 Å². The van der Waals surface area contributed by atoms with Gasteiger partial charge in [-0.25, -0.2) is 4.98 Å². The summed E-state index contributed by atoms with van der Waals surface area (Å²) in [5.74, 6) is 1.41. The Morgan fingerprint density at radius 3 is 2.53 bits per heavy atom. The molecular formula is C29H33ClN6O2. The SMILES string of the molecule is CN(C)c1nccc(N2CCC(N(C)C(=O)c3ccc4c(c3)[C@H](NC(=O)c3ccccc3Cl)CC4)CC2)n1. The van der Waals surface area contributed by atoms with Crippen LogP contribution in [-0.2, 0) is 6.42 Å². The van der Waals surface area contributed by atoms with Gasteiger partial charge in [0.05, 0.1) is 16.6 Å². The highest BCUT2D eigenvalue weighted by Crippen LogP contribution is 2.33. The molecule has 1 fully saturated rings. The fourth-order valence-corrected chi connectivity index (χ4v) is 5.57. The van der Waals surface area contributed by atoms with E-state index >= 15 is 0 Å². The molecular weight excluding hydrogens is 500 g/mol. The van der Waals surface area contributed by atoms with Gasteiger partial charge in [-0.15, -0.1) is 0 Å². The summed E-state index contributed by atoms with van der Waals surface area (Å²) >= 11 is 6.22. The van der Waals surface area contributed by atoms with Crippen molar-refractivity contribution in [2.75, 3.05) is 44.0 Å². The van der Waals surface area contributed by atoms with Crippen LogP contribution in [0.2, 0.25) is 5.02 Å². The van der Waals surface area contributed by atoms with Crippen LogP contribution in [0.4, 0.5) is 11.8 Å². The highest BCUT2D eigenvalue weighted by molar-refractivity contribution is 6.33. The molecule has 5 rings (SSSR count).